The molecule has 1 N–H and O–H groups in total. The van der Waals surface area contributed by atoms with E-state index in [1.807, 2.05) is 24.0 Å². The van der Waals surface area contributed by atoms with Crippen molar-refractivity contribution in [2.24, 2.45) is 5.92 Å². The second-order valence-corrected chi connectivity index (χ2v) is 5.97. The minimum atomic E-state index is -0.160. The summed E-state index contributed by atoms with van der Waals surface area (Å²) in [7, 11) is 4.73. The van der Waals surface area contributed by atoms with Gasteiger partial charge in [0.1, 0.15) is 0 Å². The molecule has 128 valence electrons. The lowest BCUT2D eigenvalue weighted by Crippen LogP contribution is -2.39. The Morgan fingerprint density at radius 3 is 2.26 bits per heavy atom. The third-order valence-corrected chi connectivity index (χ3v) is 4.24. The van der Waals surface area contributed by atoms with Gasteiger partial charge in [-0.1, -0.05) is 6.92 Å². The molecule has 1 saturated heterocycles. The Morgan fingerprint density at radius 1 is 1.22 bits per heavy atom. The summed E-state index contributed by atoms with van der Waals surface area (Å²) < 4.78 is 16.0. The van der Waals surface area contributed by atoms with Gasteiger partial charge in [0.05, 0.1) is 27.4 Å². The summed E-state index contributed by atoms with van der Waals surface area (Å²) in [6, 6.07) is 3.53. The molecule has 0 aliphatic carbocycles. The third kappa shape index (κ3) is 3.81. The first-order chi connectivity index (χ1) is 11.0. The highest BCUT2D eigenvalue weighted by molar-refractivity contribution is 5.75. The van der Waals surface area contributed by atoms with Crippen LogP contribution in [0.3, 0.4) is 0 Å². The van der Waals surface area contributed by atoms with Gasteiger partial charge in [0.2, 0.25) is 5.75 Å². The van der Waals surface area contributed by atoms with Crippen LogP contribution < -0.4 is 19.5 Å². The predicted molar refractivity (Wildman–Crippen MR) is 88.4 cm³/mol. The van der Waals surface area contributed by atoms with E-state index in [0.717, 1.165) is 25.1 Å². The molecule has 1 fully saturated rings. The molecule has 0 unspecified atom stereocenters. The van der Waals surface area contributed by atoms with E-state index in [4.69, 9.17) is 14.2 Å². The molecule has 1 aromatic rings. The number of hydrogen-bond acceptors (Lipinski definition) is 4. The van der Waals surface area contributed by atoms with Gasteiger partial charge in [0.15, 0.2) is 11.5 Å². The van der Waals surface area contributed by atoms with Crippen LogP contribution >= 0.6 is 0 Å². The van der Waals surface area contributed by atoms with Gasteiger partial charge in [-0.05, 0) is 37.0 Å². The second-order valence-electron chi connectivity index (χ2n) is 5.97. The molecule has 23 heavy (non-hydrogen) atoms. The smallest absolute Gasteiger partial charge is 0.317 e. The van der Waals surface area contributed by atoms with Gasteiger partial charge in [0, 0.05) is 13.1 Å². The van der Waals surface area contributed by atoms with Crippen LogP contribution in [0.25, 0.3) is 0 Å². The van der Waals surface area contributed by atoms with E-state index in [9.17, 15) is 4.79 Å². The molecule has 1 aromatic carbocycles. The minimum Gasteiger partial charge on any atom is -0.493 e. The minimum absolute atomic E-state index is 0.0319. The molecule has 6 heteroatoms. The van der Waals surface area contributed by atoms with Crippen molar-refractivity contribution < 1.29 is 19.0 Å². The van der Waals surface area contributed by atoms with Crippen molar-refractivity contribution in [1.29, 1.82) is 0 Å². The first-order valence-corrected chi connectivity index (χ1v) is 7.85. The maximum absolute atomic E-state index is 12.3. The lowest BCUT2D eigenvalue weighted by Gasteiger charge is -2.22. The number of carbonyl (C=O) groups excluding carboxylic acids is 1. The van der Waals surface area contributed by atoms with E-state index in [1.165, 1.54) is 0 Å². The number of amides is 2. The van der Waals surface area contributed by atoms with Gasteiger partial charge >= 0.3 is 6.03 Å². The summed E-state index contributed by atoms with van der Waals surface area (Å²) in [6.45, 7) is 5.73. The Labute approximate surface area is 137 Å². The fourth-order valence-electron chi connectivity index (χ4n) is 2.83. The number of nitrogens with one attached hydrogen (secondary N) is 1. The van der Waals surface area contributed by atoms with Gasteiger partial charge in [0.25, 0.3) is 0 Å². The molecule has 2 atom stereocenters. The summed E-state index contributed by atoms with van der Waals surface area (Å²) in [6.07, 6.45) is 1.06. The molecule has 0 bridgehead atoms. The Morgan fingerprint density at radius 2 is 1.83 bits per heavy atom. The fourth-order valence-corrected chi connectivity index (χ4v) is 2.83. The Hall–Kier alpha value is -2.11. The van der Waals surface area contributed by atoms with Crippen molar-refractivity contribution in [2.75, 3.05) is 34.4 Å². The molecule has 2 rings (SSSR count). The zero-order valence-corrected chi connectivity index (χ0v) is 14.5. The molecule has 0 spiro atoms. The maximum atomic E-state index is 12.3. The SMILES string of the molecule is COc1cc([C@H](C)NC(=O)N2CC[C@@H](C)C2)cc(OC)c1OC. The number of methoxy groups -OCH3 is 3. The highest BCUT2D eigenvalue weighted by atomic mass is 16.5. The lowest BCUT2D eigenvalue weighted by molar-refractivity contribution is 0.204. The van der Waals surface area contributed by atoms with Crippen molar-refractivity contribution in [1.82, 2.24) is 10.2 Å². The molecule has 2 amide bonds. The predicted octanol–water partition coefficient (Wildman–Crippen LogP) is 2.82. The standard InChI is InChI=1S/C17H26N2O4/c1-11-6-7-19(10-11)17(20)18-12(2)13-8-14(21-3)16(23-5)15(9-13)22-4/h8-9,11-12H,6-7,10H2,1-5H3,(H,18,20)/t11-,12+/m1/s1. The van der Waals surface area contributed by atoms with Crippen molar-refractivity contribution in [2.45, 2.75) is 26.3 Å². The highest BCUT2D eigenvalue weighted by Gasteiger charge is 2.25. The zero-order valence-electron chi connectivity index (χ0n) is 14.5. The molecule has 1 aliphatic rings. The lowest BCUT2D eigenvalue weighted by atomic mass is 10.1. The van der Waals surface area contributed by atoms with E-state index in [1.54, 1.807) is 21.3 Å². The molecule has 0 saturated carbocycles. The number of nitrogens with zero attached hydrogens (tertiary/aromatic N) is 1. The highest BCUT2D eigenvalue weighted by Crippen LogP contribution is 2.39. The van der Waals surface area contributed by atoms with Crippen molar-refractivity contribution >= 4 is 6.03 Å². The van der Waals surface area contributed by atoms with E-state index in [0.29, 0.717) is 23.2 Å². The Bertz CT molecular complexity index is 537. The van der Waals surface area contributed by atoms with Crippen LogP contribution in [0.4, 0.5) is 4.79 Å². The van der Waals surface area contributed by atoms with Gasteiger partial charge in [-0.15, -0.1) is 0 Å². The van der Waals surface area contributed by atoms with Crippen LogP contribution in [0, 0.1) is 5.92 Å². The van der Waals surface area contributed by atoms with Gasteiger partial charge in [-0.25, -0.2) is 4.79 Å². The topological polar surface area (TPSA) is 60.0 Å². The van der Waals surface area contributed by atoms with Crippen molar-refractivity contribution in [3.05, 3.63) is 17.7 Å². The van der Waals surface area contributed by atoms with Crippen LogP contribution in [0.1, 0.15) is 31.9 Å². The monoisotopic (exact) mass is 322 g/mol. The quantitative estimate of drug-likeness (QED) is 0.905. The molecular weight excluding hydrogens is 296 g/mol. The number of urea groups is 1. The molecule has 6 nitrogen and oxygen atoms in total. The number of ether oxygens (including phenoxy) is 3. The summed E-state index contributed by atoms with van der Waals surface area (Å²) in [5, 5.41) is 3.03. The third-order valence-electron chi connectivity index (χ3n) is 4.24. The van der Waals surface area contributed by atoms with Crippen LogP contribution in [0.2, 0.25) is 0 Å². The number of rotatable bonds is 5. The van der Waals surface area contributed by atoms with Crippen LogP contribution in [-0.4, -0.2) is 45.3 Å². The zero-order chi connectivity index (χ0) is 17.0. The summed E-state index contributed by atoms with van der Waals surface area (Å²) in [5.41, 5.74) is 0.903. The molecular formula is C17H26N2O4. The average Bonchev–Trinajstić information content (AvgIpc) is 2.99. The summed E-state index contributed by atoms with van der Waals surface area (Å²) in [4.78, 5) is 14.2. The van der Waals surface area contributed by atoms with E-state index in [2.05, 4.69) is 12.2 Å². The van der Waals surface area contributed by atoms with E-state index in [-0.39, 0.29) is 12.1 Å². The molecule has 0 radical (unpaired) electrons. The second kappa shape index (κ2) is 7.44. The maximum Gasteiger partial charge on any atom is 0.317 e. The van der Waals surface area contributed by atoms with Crippen LogP contribution in [0.5, 0.6) is 17.2 Å². The molecule has 1 aliphatic heterocycles. The average molecular weight is 322 g/mol. The Kier molecular flexibility index (Phi) is 5.58. The van der Waals surface area contributed by atoms with E-state index < -0.39 is 0 Å². The van der Waals surface area contributed by atoms with Crippen molar-refractivity contribution in [3.63, 3.8) is 0 Å². The van der Waals surface area contributed by atoms with E-state index >= 15 is 0 Å². The first-order valence-electron chi connectivity index (χ1n) is 7.85. The number of likely N-dealkylation sites (tertiary alicyclic amines) is 1. The fraction of sp³-hybridized carbons (Fsp3) is 0.588. The number of hydrogen-bond donors (Lipinski definition) is 1. The van der Waals surface area contributed by atoms with Gasteiger partial charge in [-0.3, -0.25) is 0 Å². The number of benzene rings is 1. The van der Waals surface area contributed by atoms with Gasteiger partial charge in [-0.2, -0.15) is 0 Å². The van der Waals surface area contributed by atoms with Gasteiger partial charge < -0.3 is 24.4 Å². The summed E-state index contributed by atoms with van der Waals surface area (Å²) in [5.74, 6) is 2.28. The largest absolute Gasteiger partial charge is 0.493 e. The molecule has 0 aromatic heterocycles. The van der Waals surface area contributed by atoms with Crippen LogP contribution in [0.15, 0.2) is 12.1 Å². The number of carbonyl (C=O) groups is 1. The van der Waals surface area contributed by atoms with Crippen molar-refractivity contribution in [3.8, 4) is 17.2 Å². The first kappa shape index (κ1) is 17.2. The normalized spacial score (nSPS) is 18.5. The summed E-state index contributed by atoms with van der Waals surface area (Å²) >= 11 is 0. The Balaban J connectivity index is 2.15. The molecule has 1 heterocycles. The van der Waals surface area contributed by atoms with Crippen LogP contribution in [-0.2, 0) is 0 Å².